The van der Waals surface area contributed by atoms with E-state index in [0.29, 0.717) is 31.3 Å². The Bertz CT molecular complexity index is 584. The molecular formula is C17H21NO3. The highest BCUT2D eigenvalue weighted by molar-refractivity contribution is 5.42. The lowest BCUT2D eigenvalue weighted by Crippen LogP contribution is -2.10. The molecule has 2 aromatic rings. The summed E-state index contributed by atoms with van der Waals surface area (Å²) in [5, 5.41) is 0. The van der Waals surface area contributed by atoms with Crippen molar-refractivity contribution >= 4 is 0 Å². The van der Waals surface area contributed by atoms with E-state index in [0.717, 1.165) is 11.3 Å². The maximum absolute atomic E-state index is 5.69. The van der Waals surface area contributed by atoms with Crippen molar-refractivity contribution < 1.29 is 14.2 Å². The summed E-state index contributed by atoms with van der Waals surface area (Å²) in [5.41, 5.74) is 7.79. The fourth-order valence-corrected chi connectivity index (χ4v) is 1.97. The predicted octanol–water partition coefficient (Wildman–Crippen LogP) is 2.92. The smallest absolute Gasteiger partial charge is 0.161 e. The zero-order chi connectivity index (χ0) is 15.1. The number of rotatable bonds is 7. The average molecular weight is 287 g/mol. The Hall–Kier alpha value is -2.20. The number of methoxy groups -OCH3 is 1. The monoisotopic (exact) mass is 287 g/mol. The molecule has 0 heterocycles. The molecule has 0 amide bonds. The second kappa shape index (κ2) is 7.55. The van der Waals surface area contributed by atoms with E-state index < -0.39 is 0 Å². The van der Waals surface area contributed by atoms with Crippen LogP contribution in [0.3, 0.4) is 0 Å². The normalized spacial score (nSPS) is 10.2. The van der Waals surface area contributed by atoms with Crippen LogP contribution in [0.15, 0.2) is 42.5 Å². The molecule has 0 saturated carbocycles. The molecule has 0 aliphatic carbocycles. The highest BCUT2D eigenvalue weighted by Gasteiger charge is 2.05. The van der Waals surface area contributed by atoms with E-state index in [9.17, 15) is 0 Å². The molecule has 21 heavy (non-hydrogen) atoms. The van der Waals surface area contributed by atoms with Crippen LogP contribution < -0.4 is 19.9 Å². The van der Waals surface area contributed by atoms with Gasteiger partial charge in [0.1, 0.15) is 19.0 Å². The highest BCUT2D eigenvalue weighted by Crippen LogP contribution is 2.27. The number of aryl methyl sites for hydroxylation is 1. The SMILES string of the molecule is COc1cc(CN)ccc1OCCOc1cccc(C)c1. The lowest BCUT2D eigenvalue weighted by Gasteiger charge is -2.12. The molecule has 0 aromatic heterocycles. The van der Waals surface area contributed by atoms with Crippen LogP contribution in [0.5, 0.6) is 17.2 Å². The Morgan fingerprint density at radius 3 is 2.48 bits per heavy atom. The summed E-state index contributed by atoms with van der Waals surface area (Å²) in [4.78, 5) is 0. The van der Waals surface area contributed by atoms with E-state index >= 15 is 0 Å². The van der Waals surface area contributed by atoms with E-state index in [2.05, 4.69) is 0 Å². The van der Waals surface area contributed by atoms with Crippen molar-refractivity contribution in [2.24, 2.45) is 5.73 Å². The quantitative estimate of drug-likeness (QED) is 0.796. The van der Waals surface area contributed by atoms with Gasteiger partial charge in [-0.3, -0.25) is 0 Å². The molecule has 0 aliphatic heterocycles. The van der Waals surface area contributed by atoms with Crippen LogP contribution in [0.4, 0.5) is 0 Å². The first-order chi connectivity index (χ1) is 10.2. The maximum Gasteiger partial charge on any atom is 0.161 e. The molecule has 0 fully saturated rings. The van der Waals surface area contributed by atoms with Crippen LogP contribution in [-0.2, 0) is 6.54 Å². The van der Waals surface area contributed by atoms with Gasteiger partial charge in [0.15, 0.2) is 11.5 Å². The van der Waals surface area contributed by atoms with Gasteiger partial charge in [-0.25, -0.2) is 0 Å². The molecule has 4 nitrogen and oxygen atoms in total. The summed E-state index contributed by atoms with van der Waals surface area (Å²) in [6.45, 7) is 3.44. The average Bonchev–Trinajstić information content (AvgIpc) is 2.51. The Morgan fingerprint density at radius 1 is 0.952 bits per heavy atom. The van der Waals surface area contributed by atoms with Crippen molar-refractivity contribution in [2.45, 2.75) is 13.5 Å². The Morgan fingerprint density at radius 2 is 1.76 bits per heavy atom. The van der Waals surface area contributed by atoms with E-state index in [4.69, 9.17) is 19.9 Å². The molecule has 2 rings (SSSR count). The number of hydrogen-bond acceptors (Lipinski definition) is 4. The van der Waals surface area contributed by atoms with Gasteiger partial charge in [0.05, 0.1) is 7.11 Å². The molecule has 2 N–H and O–H groups in total. The third-order valence-corrected chi connectivity index (χ3v) is 3.06. The van der Waals surface area contributed by atoms with Crippen LogP contribution in [0.2, 0.25) is 0 Å². The van der Waals surface area contributed by atoms with E-state index in [1.54, 1.807) is 7.11 Å². The fraction of sp³-hybridized carbons (Fsp3) is 0.294. The maximum atomic E-state index is 5.69. The van der Waals surface area contributed by atoms with Crippen LogP contribution in [0.1, 0.15) is 11.1 Å². The van der Waals surface area contributed by atoms with E-state index in [-0.39, 0.29) is 0 Å². The molecule has 2 aromatic carbocycles. The Balaban J connectivity index is 1.86. The zero-order valence-corrected chi connectivity index (χ0v) is 12.5. The molecule has 0 aliphatic rings. The van der Waals surface area contributed by atoms with Gasteiger partial charge in [0.25, 0.3) is 0 Å². The zero-order valence-electron chi connectivity index (χ0n) is 12.5. The van der Waals surface area contributed by atoms with Crippen LogP contribution in [-0.4, -0.2) is 20.3 Å². The van der Waals surface area contributed by atoms with E-state index in [1.165, 1.54) is 5.56 Å². The molecule has 0 unspecified atom stereocenters. The molecular weight excluding hydrogens is 266 g/mol. The van der Waals surface area contributed by atoms with Crippen LogP contribution in [0, 0.1) is 6.92 Å². The van der Waals surface area contributed by atoms with E-state index in [1.807, 2.05) is 49.4 Å². The minimum Gasteiger partial charge on any atom is -0.493 e. The summed E-state index contributed by atoms with van der Waals surface area (Å²) in [7, 11) is 1.62. The molecule has 112 valence electrons. The second-order valence-corrected chi connectivity index (χ2v) is 4.70. The summed E-state index contributed by atoms with van der Waals surface area (Å²) in [6, 6.07) is 13.6. The number of nitrogens with two attached hydrogens (primary N) is 1. The van der Waals surface area contributed by atoms with Gasteiger partial charge in [-0.05, 0) is 42.3 Å². The van der Waals surface area contributed by atoms with Crippen LogP contribution in [0.25, 0.3) is 0 Å². The fourth-order valence-electron chi connectivity index (χ4n) is 1.97. The molecule has 0 spiro atoms. The Labute approximate surface area is 125 Å². The lowest BCUT2D eigenvalue weighted by atomic mass is 10.2. The van der Waals surface area contributed by atoms with Crippen molar-refractivity contribution in [1.29, 1.82) is 0 Å². The first-order valence-corrected chi connectivity index (χ1v) is 6.92. The summed E-state index contributed by atoms with van der Waals surface area (Å²) in [5.74, 6) is 2.24. The third-order valence-electron chi connectivity index (χ3n) is 3.06. The van der Waals surface area contributed by atoms with Gasteiger partial charge >= 0.3 is 0 Å². The van der Waals surface area contributed by atoms with Gasteiger partial charge in [-0.2, -0.15) is 0 Å². The molecule has 0 bridgehead atoms. The van der Waals surface area contributed by atoms with Crippen molar-refractivity contribution in [3.8, 4) is 17.2 Å². The van der Waals surface area contributed by atoms with Gasteiger partial charge in [0.2, 0.25) is 0 Å². The summed E-state index contributed by atoms with van der Waals surface area (Å²) in [6.07, 6.45) is 0. The van der Waals surface area contributed by atoms with Crippen molar-refractivity contribution in [1.82, 2.24) is 0 Å². The first-order valence-electron chi connectivity index (χ1n) is 6.92. The van der Waals surface area contributed by atoms with Crippen molar-refractivity contribution in [3.05, 3.63) is 53.6 Å². The molecule has 0 radical (unpaired) electrons. The minimum atomic E-state index is 0.451. The number of ether oxygens (including phenoxy) is 3. The van der Waals surface area contributed by atoms with Gasteiger partial charge in [-0.15, -0.1) is 0 Å². The number of hydrogen-bond donors (Lipinski definition) is 1. The largest absolute Gasteiger partial charge is 0.493 e. The second-order valence-electron chi connectivity index (χ2n) is 4.70. The van der Waals surface area contributed by atoms with Gasteiger partial charge in [0, 0.05) is 6.54 Å². The van der Waals surface area contributed by atoms with Gasteiger partial charge in [-0.1, -0.05) is 18.2 Å². The highest BCUT2D eigenvalue weighted by atomic mass is 16.5. The topological polar surface area (TPSA) is 53.7 Å². The predicted molar refractivity (Wildman–Crippen MR) is 83.1 cm³/mol. The third kappa shape index (κ3) is 4.39. The summed E-state index contributed by atoms with van der Waals surface area (Å²) < 4.78 is 16.6. The van der Waals surface area contributed by atoms with Gasteiger partial charge < -0.3 is 19.9 Å². The number of benzene rings is 2. The van der Waals surface area contributed by atoms with Crippen molar-refractivity contribution in [3.63, 3.8) is 0 Å². The lowest BCUT2D eigenvalue weighted by molar-refractivity contribution is 0.211. The standard InChI is InChI=1S/C17H21NO3/c1-13-4-3-5-15(10-13)20-8-9-21-16-7-6-14(12-18)11-17(16)19-2/h3-7,10-11H,8-9,12,18H2,1-2H3. The van der Waals surface area contributed by atoms with Crippen molar-refractivity contribution in [2.75, 3.05) is 20.3 Å². The Kier molecular flexibility index (Phi) is 5.46. The summed E-state index contributed by atoms with van der Waals surface area (Å²) >= 11 is 0. The van der Waals surface area contributed by atoms with Crippen LogP contribution >= 0.6 is 0 Å². The first kappa shape index (κ1) is 15.2. The molecule has 4 heteroatoms. The minimum absolute atomic E-state index is 0.451. The molecule has 0 atom stereocenters. The molecule has 0 saturated heterocycles.